The van der Waals surface area contributed by atoms with Crippen molar-refractivity contribution in [3.05, 3.63) is 60.2 Å². The molecule has 0 aliphatic carbocycles. The van der Waals surface area contributed by atoms with Crippen LogP contribution < -0.4 is 16.0 Å². The number of nitrogens with zero attached hydrogens (tertiary/aromatic N) is 2. The zero-order valence-corrected chi connectivity index (χ0v) is 16.9. The second-order valence-electron chi connectivity index (χ2n) is 5.25. The molecule has 1 aromatic heterocycles. The summed E-state index contributed by atoms with van der Waals surface area (Å²) < 4.78 is 12.8. The summed E-state index contributed by atoms with van der Waals surface area (Å²) >= 11 is 0. The summed E-state index contributed by atoms with van der Waals surface area (Å²) in [6.07, 6.45) is 2.52. The standard InChI is InChI=1S/C18H22FN5O.HI/c1-2-20-18(22-12-10-15-5-3-4-11-21-15)23-13-17(25)24-16-8-6-14(19)7-9-16;/h3-9,11H,2,10,12-13H2,1H3,(H,24,25)(H2,20,22,23);1H. The van der Waals surface area contributed by atoms with E-state index in [1.54, 1.807) is 6.20 Å². The van der Waals surface area contributed by atoms with Crippen LogP contribution in [-0.2, 0) is 11.2 Å². The quantitative estimate of drug-likeness (QED) is 0.330. The lowest BCUT2D eigenvalue weighted by Crippen LogP contribution is -2.39. The number of guanidine groups is 1. The Hall–Kier alpha value is -2.23. The molecule has 2 aromatic rings. The highest BCUT2D eigenvalue weighted by Crippen LogP contribution is 2.07. The Balaban J connectivity index is 0.00000338. The SMILES string of the molecule is CCNC(=NCC(=O)Nc1ccc(F)cc1)NCCc1ccccn1.I. The van der Waals surface area contributed by atoms with Gasteiger partial charge >= 0.3 is 0 Å². The number of rotatable bonds is 7. The maximum atomic E-state index is 12.8. The van der Waals surface area contributed by atoms with Gasteiger partial charge in [0, 0.05) is 37.1 Å². The minimum Gasteiger partial charge on any atom is -0.357 e. The number of aliphatic imine (C=N–C) groups is 1. The Bertz CT molecular complexity index is 694. The third kappa shape index (κ3) is 8.24. The van der Waals surface area contributed by atoms with E-state index in [-0.39, 0.29) is 42.2 Å². The van der Waals surface area contributed by atoms with Crippen molar-refractivity contribution in [2.75, 3.05) is 25.0 Å². The van der Waals surface area contributed by atoms with E-state index >= 15 is 0 Å². The van der Waals surface area contributed by atoms with E-state index in [1.165, 1.54) is 24.3 Å². The minimum atomic E-state index is -0.345. The number of aromatic nitrogens is 1. The predicted octanol–water partition coefficient (Wildman–Crippen LogP) is 2.58. The molecule has 0 spiro atoms. The summed E-state index contributed by atoms with van der Waals surface area (Å²) in [6, 6.07) is 11.4. The van der Waals surface area contributed by atoms with Gasteiger partial charge in [-0.1, -0.05) is 6.07 Å². The Morgan fingerprint density at radius 1 is 1.15 bits per heavy atom. The van der Waals surface area contributed by atoms with E-state index in [0.29, 0.717) is 24.7 Å². The van der Waals surface area contributed by atoms with Crippen molar-refractivity contribution in [2.24, 2.45) is 4.99 Å². The first-order valence-corrected chi connectivity index (χ1v) is 8.15. The molecule has 1 heterocycles. The first kappa shape index (κ1) is 21.8. The van der Waals surface area contributed by atoms with E-state index in [1.807, 2.05) is 25.1 Å². The van der Waals surface area contributed by atoms with Crippen LogP contribution in [0.15, 0.2) is 53.7 Å². The summed E-state index contributed by atoms with van der Waals surface area (Å²) in [7, 11) is 0. The van der Waals surface area contributed by atoms with Crippen molar-refractivity contribution in [3.63, 3.8) is 0 Å². The summed E-state index contributed by atoms with van der Waals surface area (Å²) in [4.78, 5) is 20.4. The minimum absolute atomic E-state index is 0. The third-order valence-electron chi connectivity index (χ3n) is 3.25. The lowest BCUT2D eigenvalue weighted by molar-refractivity contribution is -0.114. The molecule has 6 nitrogen and oxygen atoms in total. The molecule has 1 aromatic carbocycles. The van der Waals surface area contributed by atoms with Crippen molar-refractivity contribution in [1.29, 1.82) is 0 Å². The number of halogens is 2. The molecule has 0 saturated heterocycles. The number of nitrogens with one attached hydrogen (secondary N) is 3. The average molecular weight is 471 g/mol. The second-order valence-corrected chi connectivity index (χ2v) is 5.25. The highest BCUT2D eigenvalue weighted by atomic mass is 127. The number of hydrogen-bond donors (Lipinski definition) is 3. The van der Waals surface area contributed by atoms with Crippen LogP contribution in [0.5, 0.6) is 0 Å². The van der Waals surface area contributed by atoms with Gasteiger partial charge in [-0.3, -0.25) is 9.78 Å². The molecular formula is C18H23FIN5O. The number of hydrogen-bond acceptors (Lipinski definition) is 3. The van der Waals surface area contributed by atoms with Gasteiger partial charge in [-0.25, -0.2) is 9.38 Å². The first-order valence-electron chi connectivity index (χ1n) is 8.15. The lowest BCUT2D eigenvalue weighted by atomic mass is 10.3. The summed E-state index contributed by atoms with van der Waals surface area (Å²) in [5, 5.41) is 8.92. The zero-order chi connectivity index (χ0) is 17.9. The molecule has 26 heavy (non-hydrogen) atoms. The van der Waals surface area contributed by atoms with Crippen LogP contribution in [0, 0.1) is 5.82 Å². The summed E-state index contributed by atoms with van der Waals surface area (Å²) in [6.45, 7) is 3.27. The first-order chi connectivity index (χ1) is 12.2. The monoisotopic (exact) mass is 471 g/mol. The molecule has 0 atom stereocenters. The van der Waals surface area contributed by atoms with Crippen LogP contribution in [0.1, 0.15) is 12.6 Å². The van der Waals surface area contributed by atoms with E-state index in [0.717, 1.165) is 12.1 Å². The van der Waals surface area contributed by atoms with Crippen molar-refractivity contribution in [1.82, 2.24) is 15.6 Å². The zero-order valence-electron chi connectivity index (χ0n) is 14.5. The normalized spacial score (nSPS) is 10.6. The molecule has 140 valence electrons. The molecule has 0 aliphatic rings. The fourth-order valence-corrected chi connectivity index (χ4v) is 2.08. The van der Waals surface area contributed by atoms with Gasteiger partial charge in [0.05, 0.1) is 0 Å². The Morgan fingerprint density at radius 3 is 2.58 bits per heavy atom. The topological polar surface area (TPSA) is 78.4 Å². The molecular weight excluding hydrogens is 448 g/mol. The van der Waals surface area contributed by atoms with Crippen LogP contribution >= 0.6 is 24.0 Å². The van der Waals surface area contributed by atoms with E-state index in [9.17, 15) is 9.18 Å². The number of benzene rings is 1. The van der Waals surface area contributed by atoms with Gasteiger partial charge in [0.2, 0.25) is 5.91 Å². The number of carbonyl (C=O) groups excluding carboxylic acids is 1. The second kappa shape index (κ2) is 12.2. The molecule has 1 amide bonds. The van der Waals surface area contributed by atoms with Gasteiger partial charge in [-0.15, -0.1) is 24.0 Å². The van der Waals surface area contributed by atoms with Crippen LogP contribution in [0.2, 0.25) is 0 Å². The Labute approximate surface area is 169 Å². The number of anilines is 1. The summed E-state index contributed by atoms with van der Waals surface area (Å²) in [5.74, 6) is -0.0521. The predicted molar refractivity (Wildman–Crippen MR) is 112 cm³/mol. The largest absolute Gasteiger partial charge is 0.357 e. The molecule has 0 bridgehead atoms. The average Bonchev–Trinajstić information content (AvgIpc) is 2.62. The molecule has 0 radical (unpaired) electrons. The molecule has 2 rings (SSSR count). The highest BCUT2D eigenvalue weighted by Gasteiger charge is 2.03. The molecule has 0 unspecified atom stereocenters. The van der Waals surface area contributed by atoms with Crippen LogP contribution in [0.25, 0.3) is 0 Å². The van der Waals surface area contributed by atoms with Crippen molar-refractivity contribution in [2.45, 2.75) is 13.3 Å². The Kier molecular flexibility index (Phi) is 10.2. The van der Waals surface area contributed by atoms with Gasteiger partial charge in [0.25, 0.3) is 0 Å². The van der Waals surface area contributed by atoms with E-state index in [4.69, 9.17) is 0 Å². The van der Waals surface area contributed by atoms with Crippen LogP contribution in [0.3, 0.4) is 0 Å². The van der Waals surface area contributed by atoms with Gasteiger partial charge in [0.1, 0.15) is 12.4 Å². The maximum Gasteiger partial charge on any atom is 0.246 e. The van der Waals surface area contributed by atoms with Gasteiger partial charge in [-0.05, 0) is 43.3 Å². The van der Waals surface area contributed by atoms with Crippen LogP contribution in [0.4, 0.5) is 10.1 Å². The third-order valence-corrected chi connectivity index (χ3v) is 3.25. The van der Waals surface area contributed by atoms with Gasteiger partial charge in [-0.2, -0.15) is 0 Å². The van der Waals surface area contributed by atoms with Gasteiger partial charge in [0.15, 0.2) is 5.96 Å². The fraction of sp³-hybridized carbons (Fsp3) is 0.278. The number of carbonyl (C=O) groups is 1. The van der Waals surface area contributed by atoms with Crippen molar-refractivity contribution in [3.8, 4) is 0 Å². The molecule has 8 heteroatoms. The fourth-order valence-electron chi connectivity index (χ4n) is 2.08. The number of amides is 1. The Morgan fingerprint density at radius 2 is 1.92 bits per heavy atom. The van der Waals surface area contributed by atoms with Crippen molar-refractivity contribution < 1.29 is 9.18 Å². The smallest absolute Gasteiger partial charge is 0.246 e. The van der Waals surface area contributed by atoms with E-state index < -0.39 is 0 Å². The lowest BCUT2D eigenvalue weighted by Gasteiger charge is -2.11. The molecule has 0 saturated carbocycles. The van der Waals surface area contributed by atoms with Crippen molar-refractivity contribution >= 4 is 41.5 Å². The highest BCUT2D eigenvalue weighted by molar-refractivity contribution is 14.0. The van der Waals surface area contributed by atoms with E-state index in [2.05, 4.69) is 25.9 Å². The van der Waals surface area contributed by atoms with Crippen LogP contribution in [-0.4, -0.2) is 36.5 Å². The molecule has 0 aliphatic heterocycles. The number of pyridine rings is 1. The summed E-state index contributed by atoms with van der Waals surface area (Å²) in [5.41, 5.74) is 1.52. The van der Waals surface area contributed by atoms with Gasteiger partial charge < -0.3 is 16.0 Å². The molecule has 3 N–H and O–H groups in total. The maximum absolute atomic E-state index is 12.8. The molecule has 0 fully saturated rings.